The maximum atomic E-state index is 11.5. The number of carbonyl (C=O) groups is 2. The largest absolute Gasteiger partial charge is 0.376 e. The Bertz CT molecular complexity index is 266. The highest BCUT2D eigenvalue weighted by Crippen LogP contribution is 2.11. The van der Waals surface area contributed by atoms with Crippen LogP contribution in [0.4, 0.5) is 0 Å². The van der Waals surface area contributed by atoms with Gasteiger partial charge in [0.05, 0.1) is 12.2 Å². The van der Waals surface area contributed by atoms with E-state index in [9.17, 15) is 9.59 Å². The Hall–Kier alpha value is -1.14. The number of hydrogen-bond donors (Lipinski definition) is 2. The molecule has 2 heterocycles. The Morgan fingerprint density at radius 3 is 1.67 bits per heavy atom. The van der Waals surface area contributed by atoms with Gasteiger partial charge in [-0.25, -0.2) is 0 Å². The van der Waals surface area contributed by atoms with Gasteiger partial charge in [-0.3, -0.25) is 9.59 Å². The molecule has 2 rings (SSSR count). The van der Waals surface area contributed by atoms with Crippen LogP contribution in [-0.2, 0) is 19.1 Å². The first-order chi connectivity index (χ1) is 8.75. The lowest BCUT2D eigenvalue weighted by atomic mass is 10.2. The van der Waals surface area contributed by atoms with Crippen molar-refractivity contribution in [3.8, 4) is 0 Å². The van der Waals surface area contributed by atoms with E-state index in [0.29, 0.717) is 13.1 Å². The van der Waals surface area contributed by atoms with Crippen molar-refractivity contribution in [3.63, 3.8) is 0 Å². The third kappa shape index (κ3) is 3.96. The third-order valence-corrected chi connectivity index (χ3v) is 3.23. The Morgan fingerprint density at radius 2 is 1.33 bits per heavy atom. The second-order valence-electron chi connectivity index (χ2n) is 4.69. The number of hydrogen-bond acceptors (Lipinski definition) is 4. The molecule has 0 spiro atoms. The molecule has 6 nitrogen and oxygen atoms in total. The number of ether oxygens (including phenoxy) is 2. The van der Waals surface area contributed by atoms with Crippen LogP contribution in [-0.4, -0.2) is 50.3 Å². The first-order valence-corrected chi connectivity index (χ1v) is 6.55. The summed E-state index contributed by atoms with van der Waals surface area (Å²) in [5, 5.41) is 5.17. The van der Waals surface area contributed by atoms with E-state index in [2.05, 4.69) is 10.6 Å². The molecule has 0 aliphatic carbocycles. The maximum Gasteiger partial charge on any atom is 0.309 e. The second kappa shape index (κ2) is 6.70. The van der Waals surface area contributed by atoms with E-state index in [-0.39, 0.29) is 12.2 Å². The van der Waals surface area contributed by atoms with Crippen molar-refractivity contribution in [2.24, 2.45) is 0 Å². The predicted molar refractivity (Wildman–Crippen MR) is 64.0 cm³/mol. The minimum atomic E-state index is -0.594. The Labute approximate surface area is 106 Å². The summed E-state index contributed by atoms with van der Waals surface area (Å²) >= 11 is 0. The van der Waals surface area contributed by atoms with Crippen molar-refractivity contribution in [2.75, 3.05) is 26.3 Å². The summed E-state index contributed by atoms with van der Waals surface area (Å²) in [7, 11) is 0. The van der Waals surface area contributed by atoms with Crippen LogP contribution in [0, 0.1) is 0 Å². The minimum absolute atomic E-state index is 0.0555. The van der Waals surface area contributed by atoms with Crippen molar-refractivity contribution >= 4 is 11.8 Å². The van der Waals surface area contributed by atoms with Crippen molar-refractivity contribution < 1.29 is 19.1 Å². The lowest BCUT2D eigenvalue weighted by Crippen LogP contribution is -2.44. The number of carbonyl (C=O) groups excluding carboxylic acids is 2. The van der Waals surface area contributed by atoms with Crippen LogP contribution >= 0.6 is 0 Å². The fraction of sp³-hybridized carbons (Fsp3) is 0.833. The zero-order valence-corrected chi connectivity index (χ0v) is 10.4. The Balaban J connectivity index is 1.59. The maximum absolute atomic E-state index is 11.5. The molecule has 2 atom stereocenters. The van der Waals surface area contributed by atoms with Crippen molar-refractivity contribution in [3.05, 3.63) is 0 Å². The highest BCUT2D eigenvalue weighted by atomic mass is 16.5. The molecule has 102 valence electrons. The zero-order chi connectivity index (χ0) is 12.8. The van der Waals surface area contributed by atoms with Gasteiger partial charge in [0, 0.05) is 26.3 Å². The number of nitrogens with one attached hydrogen (secondary N) is 2. The van der Waals surface area contributed by atoms with E-state index in [1.807, 2.05) is 0 Å². The van der Waals surface area contributed by atoms with Crippen LogP contribution in [0.2, 0.25) is 0 Å². The molecule has 2 fully saturated rings. The normalized spacial score (nSPS) is 27.1. The molecule has 0 unspecified atom stereocenters. The van der Waals surface area contributed by atoms with Gasteiger partial charge in [-0.1, -0.05) is 0 Å². The van der Waals surface area contributed by atoms with Crippen LogP contribution in [0.15, 0.2) is 0 Å². The fourth-order valence-corrected chi connectivity index (χ4v) is 2.18. The SMILES string of the molecule is O=C(NC[C@H]1CCCO1)C(=O)NC[C@H]1CCCO1. The van der Waals surface area contributed by atoms with Gasteiger partial charge in [0.25, 0.3) is 0 Å². The first-order valence-electron chi connectivity index (χ1n) is 6.55. The molecule has 2 saturated heterocycles. The monoisotopic (exact) mass is 256 g/mol. The molecule has 2 N–H and O–H groups in total. The van der Waals surface area contributed by atoms with Gasteiger partial charge in [0.15, 0.2) is 0 Å². The summed E-state index contributed by atoms with van der Waals surface area (Å²) in [6.45, 7) is 2.30. The predicted octanol–water partition coefficient (Wildman–Crippen LogP) is -0.423. The smallest absolute Gasteiger partial charge is 0.309 e. The average Bonchev–Trinajstić information content (AvgIpc) is 3.05. The molecule has 2 aliphatic heterocycles. The standard InChI is InChI=1S/C12H20N2O4/c15-11(13-7-9-3-1-5-17-9)12(16)14-8-10-4-2-6-18-10/h9-10H,1-8H2,(H,13,15)(H,14,16)/t9-,10-/m1/s1. The third-order valence-electron chi connectivity index (χ3n) is 3.23. The molecule has 0 aromatic carbocycles. The van der Waals surface area contributed by atoms with E-state index < -0.39 is 11.8 Å². The topological polar surface area (TPSA) is 76.7 Å². The van der Waals surface area contributed by atoms with Crippen LogP contribution in [0.3, 0.4) is 0 Å². The molecule has 0 bridgehead atoms. The van der Waals surface area contributed by atoms with Crippen molar-refractivity contribution in [2.45, 2.75) is 37.9 Å². The summed E-state index contributed by atoms with van der Waals surface area (Å²) in [6, 6.07) is 0. The lowest BCUT2D eigenvalue weighted by molar-refractivity contribution is -0.139. The first kappa shape index (κ1) is 13.3. The summed E-state index contributed by atoms with van der Waals surface area (Å²) in [4.78, 5) is 23.0. The van der Waals surface area contributed by atoms with E-state index in [4.69, 9.17) is 9.47 Å². The van der Waals surface area contributed by atoms with Gasteiger partial charge in [0.2, 0.25) is 0 Å². The molecular weight excluding hydrogens is 236 g/mol. The van der Waals surface area contributed by atoms with Crippen LogP contribution in [0.1, 0.15) is 25.7 Å². The summed E-state index contributed by atoms with van der Waals surface area (Å²) in [5.74, 6) is -1.19. The summed E-state index contributed by atoms with van der Waals surface area (Å²) in [6.07, 6.45) is 4.03. The molecular formula is C12H20N2O4. The average molecular weight is 256 g/mol. The molecule has 2 aliphatic rings. The Morgan fingerprint density at radius 1 is 0.889 bits per heavy atom. The van der Waals surface area contributed by atoms with E-state index in [0.717, 1.165) is 38.9 Å². The van der Waals surface area contributed by atoms with Crippen LogP contribution < -0.4 is 10.6 Å². The van der Waals surface area contributed by atoms with E-state index >= 15 is 0 Å². The molecule has 6 heteroatoms. The van der Waals surface area contributed by atoms with Crippen LogP contribution in [0.25, 0.3) is 0 Å². The molecule has 0 aromatic heterocycles. The van der Waals surface area contributed by atoms with E-state index in [1.165, 1.54) is 0 Å². The minimum Gasteiger partial charge on any atom is -0.376 e. The Kier molecular flexibility index (Phi) is 4.95. The lowest BCUT2D eigenvalue weighted by Gasteiger charge is -2.12. The van der Waals surface area contributed by atoms with Crippen LogP contribution in [0.5, 0.6) is 0 Å². The highest BCUT2D eigenvalue weighted by Gasteiger charge is 2.21. The number of amides is 2. The highest BCUT2D eigenvalue weighted by molar-refractivity contribution is 6.35. The summed E-state index contributed by atoms with van der Waals surface area (Å²) < 4.78 is 10.7. The quantitative estimate of drug-likeness (QED) is 0.670. The molecule has 0 radical (unpaired) electrons. The van der Waals surface area contributed by atoms with Crippen molar-refractivity contribution in [1.82, 2.24) is 10.6 Å². The molecule has 2 amide bonds. The fourth-order valence-electron chi connectivity index (χ4n) is 2.18. The van der Waals surface area contributed by atoms with Gasteiger partial charge in [-0.2, -0.15) is 0 Å². The molecule has 18 heavy (non-hydrogen) atoms. The number of rotatable bonds is 4. The summed E-state index contributed by atoms with van der Waals surface area (Å²) in [5.41, 5.74) is 0. The van der Waals surface area contributed by atoms with Gasteiger partial charge >= 0.3 is 11.8 Å². The second-order valence-corrected chi connectivity index (χ2v) is 4.69. The van der Waals surface area contributed by atoms with Gasteiger partial charge in [-0.05, 0) is 25.7 Å². The van der Waals surface area contributed by atoms with Gasteiger partial charge < -0.3 is 20.1 Å². The van der Waals surface area contributed by atoms with Crippen molar-refractivity contribution in [1.29, 1.82) is 0 Å². The van der Waals surface area contributed by atoms with Gasteiger partial charge in [-0.15, -0.1) is 0 Å². The van der Waals surface area contributed by atoms with Gasteiger partial charge in [0.1, 0.15) is 0 Å². The molecule has 0 saturated carbocycles. The molecule has 0 aromatic rings. The van der Waals surface area contributed by atoms with E-state index in [1.54, 1.807) is 0 Å². The zero-order valence-electron chi connectivity index (χ0n) is 10.4.